The first kappa shape index (κ1) is 17.6. The predicted molar refractivity (Wildman–Crippen MR) is 79.2 cm³/mol. The highest BCUT2D eigenvalue weighted by molar-refractivity contribution is 7.91. The van der Waals surface area contributed by atoms with E-state index in [0.29, 0.717) is 5.52 Å². The van der Waals surface area contributed by atoms with Crippen LogP contribution in [0, 0.1) is 0 Å². The Morgan fingerprint density at radius 2 is 1.96 bits per heavy atom. The van der Waals surface area contributed by atoms with Crippen LogP contribution < -0.4 is 5.73 Å². The molecule has 0 radical (unpaired) electrons. The fraction of sp³-hybridized carbons (Fsp3) is 0.308. The monoisotopic (exact) mass is 368 g/mol. The molecule has 2 aromatic rings. The molecule has 10 heteroatoms. The average molecular weight is 369 g/mol. The Morgan fingerprint density at radius 1 is 1.30 bits per heavy atom. The zero-order valence-corrected chi connectivity index (χ0v) is 13.1. The molecule has 23 heavy (non-hydrogen) atoms. The van der Waals surface area contributed by atoms with Gasteiger partial charge in [0.15, 0.2) is 9.84 Å². The first-order valence-corrected chi connectivity index (χ1v) is 8.45. The Kier molecular flexibility index (Phi) is 4.63. The molecule has 2 rings (SSSR count). The highest BCUT2D eigenvalue weighted by atomic mass is 35.5. The van der Waals surface area contributed by atoms with Crippen molar-refractivity contribution in [2.45, 2.75) is 23.9 Å². The summed E-state index contributed by atoms with van der Waals surface area (Å²) in [4.78, 5) is 13.6. The van der Waals surface area contributed by atoms with E-state index in [-0.39, 0.29) is 16.1 Å². The van der Waals surface area contributed by atoms with E-state index < -0.39 is 45.4 Å². The zero-order chi connectivity index (χ0) is 17.4. The summed E-state index contributed by atoms with van der Waals surface area (Å²) in [5.41, 5.74) is 5.10. The van der Waals surface area contributed by atoms with Crippen molar-refractivity contribution in [1.82, 2.24) is 4.98 Å². The Bertz CT molecular complexity index is 859. The van der Waals surface area contributed by atoms with E-state index in [1.54, 1.807) is 0 Å². The van der Waals surface area contributed by atoms with Crippen LogP contribution in [0.25, 0.3) is 10.9 Å². The minimum absolute atomic E-state index is 0.123. The molecule has 1 aromatic heterocycles. The number of sulfone groups is 1. The van der Waals surface area contributed by atoms with Gasteiger partial charge in [-0.3, -0.25) is 4.79 Å². The molecule has 0 bridgehead atoms. The maximum Gasteiger partial charge on any atom is 0.389 e. The largest absolute Gasteiger partial charge is 0.389 e. The SMILES string of the molecule is NC(=O)c1[nH]c2ccc(Cl)cc2c1S(=O)(=O)CCCC(F)(F)F. The molecule has 126 valence electrons. The van der Waals surface area contributed by atoms with Crippen LogP contribution in [0.3, 0.4) is 0 Å². The summed E-state index contributed by atoms with van der Waals surface area (Å²) >= 11 is 5.82. The molecule has 0 saturated heterocycles. The normalized spacial score (nSPS) is 12.7. The number of halogens is 4. The molecule has 0 fully saturated rings. The van der Waals surface area contributed by atoms with E-state index in [2.05, 4.69) is 4.98 Å². The van der Waals surface area contributed by atoms with Gasteiger partial charge in [0, 0.05) is 22.3 Å². The van der Waals surface area contributed by atoms with Crippen LogP contribution in [0.5, 0.6) is 0 Å². The number of carbonyl (C=O) groups is 1. The van der Waals surface area contributed by atoms with Gasteiger partial charge in [-0.05, 0) is 24.6 Å². The number of fused-ring (bicyclic) bond motifs is 1. The summed E-state index contributed by atoms with van der Waals surface area (Å²) in [5, 5.41) is 0.345. The van der Waals surface area contributed by atoms with Crippen molar-refractivity contribution in [3.8, 4) is 0 Å². The van der Waals surface area contributed by atoms with Gasteiger partial charge in [0.05, 0.1) is 5.75 Å². The van der Waals surface area contributed by atoms with Crippen LogP contribution in [0.1, 0.15) is 23.3 Å². The van der Waals surface area contributed by atoms with Crippen LogP contribution in [-0.4, -0.2) is 31.2 Å². The van der Waals surface area contributed by atoms with Gasteiger partial charge >= 0.3 is 6.18 Å². The Hall–Kier alpha value is -1.74. The second-order valence-electron chi connectivity index (χ2n) is 4.92. The Morgan fingerprint density at radius 3 is 2.52 bits per heavy atom. The lowest BCUT2D eigenvalue weighted by Crippen LogP contribution is -2.18. The van der Waals surface area contributed by atoms with Gasteiger partial charge < -0.3 is 10.7 Å². The number of rotatable bonds is 5. The first-order chi connectivity index (χ1) is 10.5. The van der Waals surface area contributed by atoms with E-state index >= 15 is 0 Å². The van der Waals surface area contributed by atoms with Crippen LogP contribution in [0.15, 0.2) is 23.1 Å². The van der Waals surface area contributed by atoms with Gasteiger partial charge in [-0.1, -0.05) is 11.6 Å². The highest BCUT2D eigenvalue weighted by Crippen LogP contribution is 2.31. The number of nitrogens with one attached hydrogen (secondary N) is 1. The lowest BCUT2D eigenvalue weighted by atomic mass is 10.2. The Balaban J connectivity index is 2.49. The Labute approximate surface area is 134 Å². The minimum atomic E-state index is -4.45. The number of H-pyrrole nitrogens is 1. The first-order valence-electron chi connectivity index (χ1n) is 6.42. The number of carbonyl (C=O) groups excluding carboxylic acids is 1. The van der Waals surface area contributed by atoms with Gasteiger partial charge in [0.2, 0.25) is 0 Å². The lowest BCUT2D eigenvalue weighted by Gasteiger charge is -2.07. The maximum absolute atomic E-state index is 12.4. The van der Waals surface area contributed by atoms with Crippen molar-refractivity contribution in [3.05, 3.63) is 28.9 Å². The summed E-state index contributed by atoms with van der Waals surface area (Å²) in [6.07, 6.45) is -6.30. The molecule has 5 nitrogen and oxygen atoms in total. The van der Waals surface area contributed by atoms with Crippen LogP contribution in [-0.2, 0) is 9.84 Å². The number of alkyl halides is 3. The van der Waals surface area contributed by atoms with Gasteiger partial charge in [0.1, 0.15) is 10.6 Å². The number of aromatic nitrogens is 1. The molecule has 0 saturated carbocycles. The molecule has 0 atom stereocenters. The number of hydrogen-bond acceptors (Lipinski definition) is 3. The quantitative estimate of drug-likeness (QED) is 0.849. The molecule has 3 N–H and O–H groups in total. The smallest absolute Gasteiger partial charge is 0.364 e. The van der Waals surface area contributed by atoms with Crippen molar-refractivity contribution in [2.75, 3.05) is 5.75 Å². The third kappa shape index (κ3) is 3.97. The molecular formula is C13H12ClF3N2O3S. The standard InChI is InChI=1S/C13H12ClF3N2O3S/c14-7-2-3-9-8(6-7)11(10(19-9)12(18)20)23(21,22)5-1-4-13(15,16)17/h2-3,6,19H,1,4-5H2,(H2,18,20). The van der Waals surface area contributed by atoms with E-state index in [4.69, 9.17) is 17.3 Å². The van der Waals surface area contributed by atoms with E-state index in [1.807, 2.05) is 0 Å². The van der Waals surface area contributed by atoms with Crippen molar-refractivity contribution >= 4 is 38.2 Å². The fourth-order valence-corrected chi connectivity index (χ4v) is 4.07. The van der Waals surface area contributed by atoms with Gasteiger partial charge in [-0.15, -0.1) is 0 Å². The fourth-order valence-electron chi connectivity index (χ4n) is 2.20. The van der Waals surface area contributed by atoms with Gasteiger partial charge in [-0.2, -0.15) is 13.2 Å². The average Bonchev–Trinajstić information content (AvgIpc) is 2.76. The van der Waals surface area contributed by atoms with E-state index in [9.17, 15) is 26.4 Å². The number of aromatic amines is 1. The summed E-state index contributed by atoms with van der Waals surface area (Å²) in [6, 6.07) is 4.25. The second-order valence-corrected chi connectivity index (χ2v) is 7.40. The molecule has 0 aliphatic carbocycles. The third-order valence-electron chi connectivity index (χ3n) is 3.14. The van der Waals surface area contributed by atoms with Crippen molar-refractivity contribution in [3.63, 3.8) is 0 Å². The molecule has 0 aliphatic rings. The summed E-state index contributed by atoms with van der Waals surface area (Å²) in [5.74, 6) is -1.78. The van der Waals surface area contributed by atoms with Crippen LogP contribution >= 0.6 is 11.6 Å². The third-order valence-corrected chi connectivity index (χ3v) is 5.25. The molecule has 0 spiro atoms. The van der Waals surface area contributed by atoms with E-state index in [0.717, 1.165) is 0 Å². The number of amides is 1. The molecule has 1 aromatic carbocycles. The summed E-state index contributed by atoms with van der Waals surface area (Å²) in [6.45, 7) is 0. The summed E-state index contributed by atoms with van der Waals surface area (Å²) < 4.78 is 61.4. The molecule has 0 unspecified atom stereocenters. The maximum atomic E-state index is 12.4. The number of hydrogen-bond donors (Lipinski definition) is 2. The van der Waals surface area contributed by atoms with Gasteiger partial charge in [-0.25, -0.2) is 8.42 Å². The van der Waals surface area contributed by atoms with E-state index in [1.165, 1.54) is 18.2 Å². The number of nitrogens with two attached hydrogens (primary N) is 1. The van der Waals surface area contributed by atoms with Crippen LogP contribution in [0.4, 0.5) is 13.2 Å². The number of benzene rings is 1. The number of primary amides is 1. The molecule has 1 heterocycles. The second kappa shape index (κ2) is 6.04. The lowest BCUT2D eigenvalue weighted by molar-refractivity contribution is -0.134. The zero-order valence-electron chi connectivity index (χ0n) is 11.6. The topological polar surface area (TPSA) is 93.0 Å². The van der Waals surface area contributed by atoms with Gasteiger partial charge in [0.25, 0.3) is 5.91 Å². The minimum Gasteiger partial charge on any atom is -0.364 e. The van der Waals surface area contributed by atoms with Crippen LogP contribution in [0.2, 0.25) is 5.02 Å². The van der Waals surface area contributed by atoms with Crippen molar-refractivity contribution in [1.29, 1.82) is 0 Å². The van der Waals surface area contributed by atoms with Crippen molar-refractivity contribution < 1.29 is 26.4 Å². The molecular weight excluding hydrogens is 357 g/mol. The highest BCUT2D eigenvalue weighted by Gasteiger charge is 2.30. The van der Waals surface area contributed by atoms with Crippen molar-refractivity contribution in [2.24, 2.45) is 5.73 Å². The summed E-state index contributed by atoms with van der Waals surface area (Å²) in [7, 11) is -4.15. The molecule has 0 aliphatic heterocycles. The molecule has 1 amide bonds. The predicted octanol–water partition coefficient (Wildman–Crippen LogP) is 3.04.